The van der Waals surface area contributed by atoms with Gasteiger partial charge in [-0.15, -0.1) is 0 Å². The van der Waals surface area contributed by atoms with Crippen molar-refractivity contribution < 1.29 is 9.32 Å². The summed E-state index contributed by atoms with van der Waals surface area (Å²) in [5, 5.41) is 3.72. The molecule has 1 amide bonds. The molecule has 0 spiro atoms. The van der Waals surface area contributed by atoms with E-state index in [-0.39, 0.29) is 11.9 Å². The lowest BCUT2D eigenvalue weighted by Crippen LogP contribution is -2.34. The van der Waals surface area contributed by atoms with Gasteiger partial charge in [-0.05, 0) is 13.8 Å². The number of nitrogens with zero attached hydrogens (tertiary/aromatic N) is 5. The summed E-state index contributed by atoms with van der Waals surface area (Å²) < 4.78 is 6.51. The van der Waals surface area contributed by atoms with Gasteiger partial charge in [-0.25, -0.2) is 4.98 Å². The van der Waals surface area contributed by atoms with E-state index in [9.17, 15) is 4.79 Å². The second kappa shape index (κ2) is 5.64. The van der Waals surface area contributed by atoms with Gasteiger partial charge >= 0.3 is 0 Å². The largest absolute Gasteiger partial charge is 0.344 e. The van der Waals surface area contributed by atoms with Gasteiger partial charge in [0, 0.05) is 32.4 Å². The van der Waals surface area contributed by atoms with E-state index in [1.165, 1.54) is 6.39 Å². The van der Waals surface area contributed by atoms with E-state index >= 15 is 0 Å². The molecule has 0 aromatic carbocycles. The van der Waals surface area contributed by atoms with Crippen molar-refractivity contribution >= 4 is 5.91 Å². The van der Waals surface area contributed by atoms with Crippen molar-refractivity contribution in [2.45, 2.75) is 26.3 Å². The van der Waals surface area contributed by atoms with E-state index in [1.54, 1.807) is 18.1 Å². The van der Waals surface area contributed by atoms with Gasteiger partial charge in [-0.1, -0.05) is 5.16 Å². The summed E-state index contributed by atoms with van der Waals surface area (Å²) in [4.78, 5) is 22.0. The monoisotopic (exact) mass is 263 g/mol. The molecule has 0 saturated carbocycles. The van der Waals surface area contributed by atoms with Crippen LogP contribution >= 0.6 is 0 Å². The van der Waals surface area contributed by atoms with Crippen LogP contribution in [0.5, 0.6) is 0 Å². The van der Waals surface area contributed by atoms with Crippen molar-refractivity contribution in [3.8, 4) is 0 Å². The molecular formula is C12H17N5O2. The Balaban J connectivity index is 1.93. The highest BCUT2D eigenvalue weighted by Crippen LogP contribution is 2.11. The average Bonchev–Trinajstić information content (AvgIpc) is 3.05. The van der Waals surface area contributed by atoms with E-state index in [2.05, 4.69) is 19.6 Å². The number of carbonyl (C=O) groups is 1. The van der Waals surface area contributed by atoms with Gasteiger partial charge in [0.2, 0.25) is 12.3 Å². The maximum Gasteiger partial charge on any atom is 0.245 e. The predicted molar refractivity (Wildman–Crippen MR) is 67.3 cm³/mol. The maximum atomic E-state index is 12.3. The lowest BCUT2D eigenvalue weighted by atomic mass is 10.2. The zero-order valence-electron chi connectivity index (χ0n) is 11.3. The lowest BCUT2D eigenvalue weighted by molar-refractivity contribution is -0.133. The fourth-order valence-corrected chi connectivity index (χ4v) is 1.92. The molecule has 102 valence electrons. The number of aromatic nitrogens is 4. The molecule has 0 aliphatic rings. The zero-order chi connectivity index (χ0) is 13.8. The third-order valence-electron chi connectivity index (χ3n) is 3.09. The number of rotatable bonds is 5. The summed E-state index contributed by atoms with van der Waals surface area (Å²) in [5.74, 6) is 1.46. The summed E-state index contributed by atoms with van der Waals surface area (Å²) >= 11 is 0. The minimum absolute atomic E-state index is 0.0320. The molecule has 0 N–H and O–H groups in total. The first kappa shape index (κ1) is 13.3. The van der Waals surface area contributed by atoms with Gasteiger partial charge in [0.1, 0.15) is 11.9 Å². The Hall–Kier alpha value is -2.18. The molecular weight excluding hydrogens is 246 g/mol. The standard InChI is InChI=1S/C12H17N5O2/c1-9(17-7-5-13-10(17)2)12(18)16(3)6-4-11-14-8-19-15-11/h5,7-9H,4,6H2,1-3H3/t9-/m1/s1. The van der Waals surface area contributed by atoms with E-state index in [0.717, 1.165) is 5.82 Å². The molecule has 0 aliphatic carbocycles. The van der Waals surface area contributed by atoms with Gasteiger partial charge in [0.15, 0.2) is 5.82 Å². The first-order chi connectivity index (χ1) is 9.09. The van der Waals surface area contributed by atoms with Crippen LogP contribution < -0.4 is 0 Å². The normalized spacial score (nSPS) is 12.4. The number of amides is 1. The molecule has 0 bridgehead atoms. The van der Waals surface area contributed by atoms with Crippen LogP contribution in [0.25, 0.3) is 0 Å². The van der Waals surface area contributed by atoms with E-state index in [1.807, 2.05) is 24.6 Å². The molecule has 7 heteroatoms. The Bertz CT molecular complexity index is 534. The molecule has 7 nitrogen and oxygen atoms in total. The van der Waals surface area contributed by atoms with Crippen LogP contribution in [-0.4, -0.2) is 44.1 Å². The van der Waals surface area contributed by atoms with Crippen LogP contribution in [0.3, 0.4) is 0 Å². The van der Waals surface area contributed by atoms with Gasteiger partial charge < -0.3 is 14.0 Å². The fourth-order valence-electron chi connectivity index (χ4n) is 1.92. The number of carbonyl (C=O) groups excluding carboxylic acids is 1. The quantitative estimate of drug-likeness (QED) is 0.798. The van der Waals surface area contributed by atoms with Crippen molar-refractivity contribution in [2.24, 2.45) is 0 Å². The number of hydrogen-bond donors (Lipinski definition) is 0. The zero-order valence-corrected chi connectivity index (χ0v) is 11.3. The Morgan fingerprint density at radius 2 is 2.32 bits per heavy atom. The summed E-state index contributed by atoms with van der Waals surface area (Å²) in [6, 6.07) is -0.266. The summed E-state index contributed by atoms with van der Waals surface area (Å²) in [7, 11) is 1.77. The molecule has 0 fully saturated rings. The Labute approximate surface area is 111 Å². The van der Waals surface area contributed by atoms with E-state index in [0.29, 0.717) is 18.8 Å². The molecule has 2 heterocycles. The molecule has 0 radical (unpaired) electrons. The second-order valence-electron chi connectivity index (χ2n) is 4.41. The first-order valence-electron chi connectivity index (χ1n) is 6.09. The van der Waals surface area contributed by atoms with Crippen LogP contribution in [0.4, 0.5) is 0 Å². The minimum atomic E-state index is -0.266. The highest BCUT2D eigenvalue weighted by molar-refractivity contribution is 5.79. The van der Waals surface area contributed by atoms with Crippen molar-refractivity contribution in [1.29, 1.82) is 0 Å². The second-order valence-corrected chi connectivity index (χ2v) is 4.41. The predicted octanol–water partition coefficient (Wildman–Crippen LogP) is 0.837. The van der Waals surface area contributed by atoms with Gasteiger partial charge in [0.25, 0.3) is 0 Å². The van der Waals surface area contributed by atoms with Crippen LogP contribution in [-0.2, 0) is 11.2 Å². The Morgan fingerprint density at radius 3 is 2.89 bits per heavy atom. The van der Waals surface area contributed by atoms with Gasteiger partial charge in [-0.2, -0.15) is 4.98 Å². The molecule has 2 aromatic rings. The number of imidazole rings is 1. The van der Waals surface area contributed by atoms with Gasteiger partial charge in [-0.3, -0.25) is 4.79 Å². The Kier molecular flexibility index (Phi) is 3.94. The highest BCUT2D eigenvalue weighted by Gasteiger charge is 2.20. The smallest absolute Gasteiger partial charge is 0.245 e. The molecule has 0 aliphatic heterocycles. The molecule has 19 heavy (non-hydrogen) atoms. The summed E-state index contributed by atoms with van der Waals surface area (Å²) in [6.45, 7) is 4.29. The number of likely N-dealkylation sites (N-methyl/N-ethyl adjacent to an activating group) is 1. The summed E-state index contributed by atoms with van der Waals surface area (Å²) in [6.07, 6.45) is 5.37. The molecule has 0 unspecified atom stereocenters. The van der Waals surface area contributed by atoms with Crippen molar-refractivity contribution in [3.63, 3.8) is 0 Å². The van der Waals surface area contributed by atoms with E-state index in [4.69, 9.17) is 0 Å². The van der Waals surface area contributed by atoms with Crippen LogP contribution in [0.15, 0.2) is 23.3 Å². The van der Waals surface area contributed by atoms with Crippen LogP contribution in [0.1, 0.15) is 24.6 Å². The van der Waals surface area contributed by atoms with E-state index < -0.39 is 0 Å². The van der Waals surface area contributed by atoms with Crippen molar-refractivity contribution in [2.75, 3.05) is 13.6 Å². The van der Waals surface area contributed by atoms with Gasteiger partial charge in [0.05, 0.1) is 0 Å². The minimum Gasteiger partial charge on any atom is -0.344 e. The third kappa shape index (κ3) is 2.98. The summed E-state index contributed by atoms with van der Waals surface area (Å²) in [5.41, 5.74) is 0. The van der Waals surface area contributed by atoms with Crippen LogP contribution in [0, 0.1) is 6.92 Å². The SMILES string of the molecule is Cc1nccn1[C@H](C)C(=O)N(C)CCc1ncon1. The highest BCUT2D eigenvalue weighted by atomic mass is 16.5. The van der Waals surface area contributed by atoms with Crippen molar-refractivity contribution in [1.82, 2.24) is 24.6 Å². The van der Waals surface area contributed by atoms with Crippen molar-refractivity contribution in [3.05, 3.63) is 30.4 Å². The molecule has 1 atom stereocenters. The molecule has 0 saturated heterocycles. The topological polar surface area (TPSA) is 77.0 Å². The number of hydrogen-bond acceptors (Lipinski definition) is 5. The molecule has 2 aromatic heterocycles. The lowest BCUT2D eigenvalue weighted by Gasteiger charge is -2.22. The third-order valence-corrected chi connectivity index (χ3v) is 3.09. The molecule has 2 rings (SSSR count). The first-order valence-corrected chi connectivity index (χ1v) is 6.09. The number of aryl methyl sites for hydroxylation is 1. The fraction of sp³-hybridized carbons (Fsp3) is 0.500. The Morgan fingerprint density at radius 1 is 1.53 bits per heavy atom. The average molecular weight is 263 g/mol. The van der Waals surface area contributed by atoms with Crippen LogP contribution in [0.2, 0.25) is 0 Å². The maximum absolute atomic E-state index is 12.3.